The van der Waals surface area contributed by atoms with Crippen LogP contribution in [0.25, 0.3) is 5.70 Å². The molecule has 0 radical (unpaired) electrons. The van der Waals surface area contributed by atoms with Crippen molar-refractivity contribution in [3.8, 4) is 0 Å². The van der Waals surface area contributed by atoms with Gasteiger partial charge < -0.3 is 9.80 Å². The maximum absolute atomic E-state index is 9.91. The molecular weight excluding hydrogens is 328 g/mol. The Hall–Kier alpha value is -2.22. The molecule has 2 heteroatoms. The Balaban J connectivity index is 1.77. The molecular formula is C25H30N2. The van der Waals surface area contributed by atoms with Crippen LogP contribution in [0.1, 0.15) is 74.1 Å². The normalized spacial score (nSPS) is 30.5. The summed E-state index contributed by atoms with van der Waals surface area (Å²) in [4.78, 5) is 3.93. The van der Waals surface area contributed by atoms with Gasteiger partial charge in [-0.1, -0.05) is 61.7 Å². The molecule has 1 aliphatic carbocycles. The Labute approximate surface area is 169 Å². The summed E-state index contributed by atoms with van der Waals surface area (Å²) in [5.41, 5.74) is 5.78. The summed E-state index contributed by atoms with van der Waals surface area (Å²) in [5, 5.41) is 0. The first-order chi connectivity index (χ1) is 14.8. The number of para-hydroxylation sites is 1. The van der Waals surface area contributed by atoms with Crippen molar-refractivity contribution in [3.63, 3.8) is 0 Å². The molecule has 2 atom stereocenters. The van der Waals surface area contributed by atoms with Crippen LogP contribution in [0.4, 0.5) is 5.69 Å². The highest BCUT2D eigenvalue weighted by Gasteiger charge is 2.47. The average Bonchev–Trinajstić information content (AvgIpc) is 3.21. The number of allylic oxidation sites excluding steroid dienone is 1. The van der Waals surface area contributed by atoms with Crippen LogP contribution in [0.2, 0.25) is 0 Å². The van der Waals surface area contributed by atoms with Gasteiger partial charge in [-0.05, 0) is 56.7 Å². The lowest BCUT2D eigenvalue weighted by Crippen LogP contribution is -2.40. The molecule has 140 valence electrons. The van der Waals surface area contributed by atoms with Crippen LogP contribution >= 0.6 is 0 Å². The van der Waals surface area contributed by atoms with E-state index < -0.39 is 19.0 Å². The van der Waals surface area contributed by atoms with Gasteiger partial charge in [-0.2, -0.15) is 0 Å². The van der Waals surface area contributed by atoms with E-state index in [9.17, 15) is 1.37 Å². The molecule has 2 aromatic carbocycles. The van der Waals surface area contributed by atoms with E-state index in [1.807, 2.05) is 66.1 Å². The van der Waals surface area contributed by atoms with E-state index in [0.717, 1.165) is 59.5 Å². The predicted molar refractivity (Wildman–Crippen MR) is 113 cm³/mol. The van der Waals surface area contributed by atoms with Crippen LogP contribution in [0, 0.1) is 12.8 Å². The molecule has 0 N–H and O–H groups in total. The SMILES string of the molecule is [2H]C([2H])([2H])C1N(c2ccccc2C)C(C)=C2c3ccccc3C([2H])(C3CCCCC3)N21. The molecule has 5 rings (SSSR count). The van der Waals surface area contributed by atoms with Crippen LogP contribution in [-0.2, 0) is 0 Å². The van der Waals surface area contributed by atoms with Gasteiger partial charge in [0.2, 0.25) is 0 Å². The van der Waals surface area contributed by atoms with Gasteiger partial charge in [0.1, 0.15) is 6.17 Å². The fourth-order valence-corrected chi connectivity index (χ4v) is 5.27. The number of hydrogen-bond donors (Lipinski definition) is 0. The lowest BCUT2D eigenvalue weighted by Gasteiger charge is -2.40. The first kappa shape index (κ1) is 13.0. The van der Waals surface area contributed by atoms with Crippen molar-refractivity contribution in [3.05, 3.63) is 70.9 Å². The minimum absolute atomic E-state index is 0.120. The van der Waals surface area contributed by atoms with Gasteiger partial charge in [0, 0.05) is 21.1 Å². The Bertz CT molecular complexity index is 1040. The number of aryl methyl sites for hydroxylation is 1. The zero-order valence-corrected chi connectivity index (χ0v) is 16.2. The molecule has 2 aromatic rings. The summed E-state index contributed by atoms with van der Waals surface area (Å²) in [6, 6.07) is 15.0. The number of benzene rings is 2. The van der Waals surface area contributed by atoms with Crippen LogP contribution in [0.15, 0.2) is 54.2 Å². The van der Waals surface area contributed by atoms with Crippen LogP contribution in [-0.4, -0.2) is 11.1 Å². The lowest BCUT2D eigenvalue weighted by atomic mass is 9.81. The average molecular weight is 363 g/mol. The van der Waals surface area contributed by atoms with Crippen molar-refractivity contribution in [1.82, 2.24) is 4.90 Å². The molecule has 3 aliphatic rings. The van der Waals surface area contributed by atoms with Gasteiger partial charge in [-0.15, -0.1) is 0 Å². The predicted octanol–water partition coefficient (Wildman–Crippen LogP) is 6.49. The van der Waals surface area contributed by atoms with E-state index in [0.29, 0.717) is 0 Å². The molecule has 27 heavy (non-hydrogen) atoms. The number of anilines is 1. The second-order valence-corrected chi connectivity index (χ2v) is 8.10. The molecule has 0 amide bonds. The summed E-state index contributed by atoms with van der Waals surface area (Å²) >= 11 is 0. The van der Waals surface area contributed by atoms with Gasteiger partial charge in [-0.25, -0.2) is 0 Å². The second-order valence-electron chi connectivity index (χ2n) is 8.10. The maximum atomic E-state index is 9.91. The van der Waals surface area contributed by atoms with E-state index in [1.54, 1.807) is 0 Å². The second kappa shape index (κ2) is 6.44. The van der Waals surface area contributed by atoms with Crippen molar-refractivity contribution >= 4 is 11.4 Å². The summed E-state index contributed by atoms with van der Waals surface area (Å²) in [7, 11) is 0. The molecule has 1 fully saturated rings. The fraction of sp³-hybridized carbons (Fsp3) is 0.440. The monoisotopic (exact) mass is 362 g/mol. The van der Waals surface area contributed by atoms with Crippen molar-refractivity contribution in [1.29, 1.82) is 0 Å². The highest BCUT2D eigenvalue weighted by Crippen LogP contribution is 2.55. The largest absolute Gasteiger partial charge is 0.342 e. The van der Waals surface area contributed by atoms with Crippen molar-refractivity contribution < 1.29 is 5.48 Å². The summed E-state index contributed by atoms with van der Waals surface area (Å²) in [6.45, 7) is 1.77. The molecule has 0 bridgehead atoms. The first-order valence-corrected chi connectivity index (χ1v) is 10.2. The van der Waals surface area contributed by atoms with Gasteiger partial charge >= 0.3 is 0 Å². The topological polar surface area (TPSA) is 6.48 Å². The van der Waals surface area contributed by atoms with E-state index in [-0.39, 0.29) is 5.92 Å². The van der Waals surface area contributed by atoms with Gasteiger partial charge in [0.25, 0.3) is 0 Å². The van der Waals surface area contributed by atoms with E-state index >= 15 is 0 Å². The third kappa shape index (κ3) is 2.46. The van der Waals surface area contributed by atoms with Crippen LogP contribution in [0.5, 0.6) is 0 Å². The molecule has 2 unspecified atom stereocenters. The molecule has 0 saturated heterocycles. The van der Waals surface area contributed by atoms with Crippen LogP contribution in [0.3, 0.4) is 0 Å². The van der Waals surface area contributed by atoms with Crippen molar-refractivity contribution in [2.24, 2.45) is 5.92 Å². The Morgan fingerprint density at radius 3 is 2.48 bits per heavy atom. The molecule has 0 spiro atoms. The summed E-state index contributed by atoms with van der Waals surface area (Å²) in [5.74, 6) is 0.120. The maximum Gasteiger partial charge on any atom is 0.104 e. The van der Waals surface area contributed by atoms with Crippen molar-refractivity contribution in [2.75, 3.05) is 4.90 Å². The fourth-order valence-electron chi connectivity index (χ4n) is 5.27. The number of fused-ring (bicyclic) bond motifs is 3. The molecule has 2 nitrogen and oxygen atoms in total. The molecule has 0 aromatic heterocycles. The zero-order chi connectivity index (χ0) is 22.0. The molecule has 1 saturated carbocycles. The molecule has 2 aliphatic heterocycles. The summed E-state index contributed by atoms with van der Waals surface area (Å²) in [6.07, 6.45) is 4.47. The van der Waals surface area contributed by atoms with Crippen LogP contribution < -0.4 is 4.90 Å². The quantitative estimate of drug-likeness (QED) is 0.602. The van der Waals surface area contributed by atoms with E-state index in [1.165, 1.54) is 6.42 Å². The highest BCUT2D eigenvalue weighted by atomic mass is 15.4. The Kier molecular flexibility index (Phi) is 3.11. The smallest absolute Gasteiger partial charge is 0.104 e. The van der Waals surface area contributed by atoms with Gasteiger partial charge in [0.15, 0.2) is 0 Å². The Morgan fingerprint density at radius 1 is 0.963 bits per heavy atom. The summed E-state index contributed by atoms with van der Waals surface area (Å²) < 4.78 is 35.6. The lowest BCUT2D eigenvalue weighted by molar-refractivity contribution is 0.162. The van der Waals surface area contributed by atoms with Gasteiger partial charge in [0.05, 0.1) is 13.1 Å². The first-order valence-electron chi connectivity index (χ1n) is 12.2. The van der Waals surface area contributed by atoms with Crippen molar-refractivity contribution in [2.45, 2.75) is 65.0 Å². The molecule has 2 heterocycles. The third-order valence-electron chi connectivity index (χ3n) is 6.52. The minimum Gasteiger partial charge on any atom is -0.342 e. The number of hydrogen-bond acceptors (Lipinski definition) is 2. The van der Waals surface area contributed by atoms with Gasteiger partial charge in [-0.3, -0.25) is 0 Å². The van der Waals surface area contributed by atoms with E-state index in [2.05, 4.69) is 6.07 Å². The number of nitrogens with zero attached hydrogens (tertiary/aromatic N) is 2. The third-order valence-corrected chi connectivity index (χ3v) is 6.52. The Morgan fingerprint density at radius 2 is 1.70 bits per heavy atom. The zero-order valence-electron chi connectivity index (χ0n) is 20.2. The van der Waals surface area contributed by atoms with E-state index in [4.69, 9.17) is 4.11 Å². The number of rotatable bonds is 2. The standard InChI is InChI=1S/C25H30N2/c1-17-11-7-10-16-23(17)26-18(2)24-21-14-8-9-15-22(21)25(27(24)19(26)3)20-12-5-4-6-13-20/h7-11,14-16,19-20,25H,4-6,12-13H2,1-3H3/i3D3,25D. The minimum atomic E-state index is -2.27. The highest BCUT2D eigenvalue weighted by molar-refractivity contribution is 5.81.